The summed E-state index contributed by atoms with van der Waals surface area (Å²) in [6.07, 6.45) is 7.71. The van der Waals surface area contributed by atoms with Crippen molar-refractivity contribution in [2.45, 2.75) is 6.42 Å². The largest absolute Gasteiger partial charge is 2.00 e. The Hall–Kier alpha value is -3.62. The van der Waals surface area contributed by atoms with E-state index in [1.807, 2.05) is 24.3 Å². The van der Waals surface area contributed by atoms with Crippen LogP contribution < -0.4 is 0 Å². The van der Waals surface area contributed by atoms with Crippen LogP contribution in [0.2, 0.25) is 0 Å². The van der Waals surface area contributed by atoms with Gasteiger partial charge < -0.3 is 19.3 Å². The average molecular weight is 592 g/mol. The third-order valence-electron chi connectivity index (χ3n) is 5.01. The van der Waals surface area contributed by atoms with Gasteiger partial charge >= 0.3 is 16.8 Å². The molecule has 0 unspecified atom stereocenters. The summed E-state index contributed by atoms with van der Waals surface area (Å²) in [6.45, 7) is 0.188. The minimum Gasteiger partial charge on any atom is -0.759 e. The molecule has 0 spiro atoms. The molecule has 1 radical (unpaired) electrons. The first-order valence-electron chi connectivity index (χ1n) is 11.4. The molecular formula is C27H24CoN4O6S. The molecule has 203 valence electrons. The maximum absolute atomic E-state index is 8.52. The fraction of sp³-hybridized carbons (Fsp3) is 0.111. The number of aliphatic hydroxyl groups excluding tert-OH is 2. The molecule has 2 aromatic carbocycles. The van der Waals surface area contributed by atoms with Gasteiger partial charge in [0.05, 0.1) is 22.1 Å². The second-order valence-corrected chi connectivity index (χ2v) is 8.46. The maximum atomic E-state index is 8.52. The van der Waals surface area contributed by atoms with Gasteiger partial charge in [-0.15, -0.1) is 0 Å². The maximum Gasteiger partial charge on any atom is 2.00 e. The Morgan fingerprint density at radius 1 is 0.538 bits per heavy atom. The summed E-state index contributed by atoms with van der Waals surface area (Å²) < 4.78 is 34.1. The van der Waals surface area contributed by atoms with Gasteiger partial charge in [0.2, 0.25) is 0 Å². The van der Waals surface area contributed by atoms with Gasteiger partial charge in [0.1, 0.15) is 0 Å². The molecule has 0 aliphatic carbocycles. The molecule has 0 saturated carbocycles. The van der Waals surface area contributed by atoms with E-state index in [2.05, 4.69) is 68.5 Å². The van der Waals surface area contributed by atoms with Crippen molar-refractivity contribution in [1.29, 1.82) is 0 Å². The first kappa shape index (κ1) is 31.6. The number of fused-ring (bicyclic) bond motifs is 6. The Labute approximate surface area is 235 Å². The van der Waals surface area contributed by atoms with Crippen LogP contribution in [0.25, 0.3) is 43.6 Å². The molecule has 12 heteroatoms. The SMILES string of the molecule is O=S(=O)([O-])[O-].OCCCO.[Co+2].c1cnc2c(c1)ccc1cccnc12.c1cnc2c(c1)ccc1cccnc12. The van der Waals surface area contributed by atoms with Crippen molar-refractivity contribution < 1.29 is 44.5 Å². The molecule has 10 nitrogen and oxygen atoms in total. The molecule has 39 heavy (non-hydrogen) atoms. The van der Waals surface area contributed by atoms with E-state index in [9.17, 15) is 0 Å². The van der Waals surface area contributed by atoms with E-state index in [1.165, 1.54) is 0 Å². The van der Waals surface area contributed by atoms with Gasteiger partial charge in [0.25, 0.3) is 0 Å². The predicted octanol–water partition coefficient (Wildman–Crippen LogP) is 3.59. The number of rotatable bonds is 2. The summed E-state index contributed by atoms with van der Waals surface area (Å²) in [5.41, 5.74) is 3.91. The Bertz CT molecular complexity index is 1510. The molecule has 0 aliphatic rings. The number of benzene rings is 2. The van der Waals surface area contributed by atoms with E-state index in [0.717, 1.165) is 43.6 Å². The number of nitrogens with zero attached hydrogens (tertiary/aromatic N) is 4. The molecule has 2 N–H and O–H groups in total. The van der Waals surface area contributed by atoms with Gasteiger partial charge in [0, 0.05) is 69.9 Å². The number of hydrogen-bond donors (Lipinski definition) is 2. The zero-order valence-electron chi connectivity index (χ0n) is 20.4. The molecule has 6 aromatic rings. The van der Waals surface area contributed by atoms with Crippen molar-refractivity contribution in [3.8, 4) is 0 Å². The monoisotopic (exact) mass is 591 g/mol. The van der Waals surface area contributed by atoms with Crippen molar-refractivity contribution in [2.24, 2.45) is 0 Å². The standard InChI is InChI=1S/2C12H8N2.C3H8O2.Co.H2O4S/c2*1-3-9-5-6-10-4-2-8-14-12(10)11(9)13-7-1;4-2-1-3-5;;1-5(2,3)4/h2*1-8H;4-5H,1-3H2;;(H2,1,2,3,4)/q;;;+2;/p-2. The summed E-state index contributed by atoms with van der Waals surface area (Å²) in [6, 6.07) is 24.3. The molecule has 4 heterocycles. The minimum absolute atomic E-state index is 0. The topological polar surface area (TPSA) is 172 Å². The summed E-state index contributed by atoms with van der Waals surface area (Å²) in [5.74, 6) is 0. The molecule has 0 amide bonds. The fourth-order valence-corrected chi connectivity index (χ4v) is 3.43. The molecule has 0 atom stereocenters. The Morgan fingerprint density at radius 3 is 0.949 bits per heavy atom. The zero-order chi connectivity index (χ0) is 27.4. The van der Waals surface area contributed by atoms with Gasteiger partial charge in [-0.1, -0.05) is 48.5 Å². The molecule has 6 rings (SSSR count). The number of aromatic nitrogens is 4. The molecule has 0 saturated heterocycles. The molecular weight excluding hydrogens is 567 g/mol. The van der Waals surface area contributed by atoms with E-state index >= 15 is 0 Å². The zero-order valence-corrected chi connectivity index (χ0v) is 22.3. The Kier molecular flexibility index (Phi) is 12.7. The van der Waals surface area contributed by atoms with Crippen LogP contribution in [0.1, 0.15) is 6.42 Å². The van der Waals surface area contributed by atoms with Crippen LogP contribution in [0.3, 0.4) is 0 Å². The van der Waals surface area contributed by atoms with Crippen molar-refractivity contribution in [3.63, 3.8) is 0 Å². The van der Waals surface area contributed by atoms with Gasteiger partial charge in [-0.3, -0.25) is 28.4 Å². The van der Waals surface area contributed by atoms with E-state index in [0.29, 0.717) is 6.42 Å². The normalized spacial score (nSPS) is 10.4. The van der Waals surface area contributed by atoms with Gasteiger partial charge in [-0.05, 0) is 30.7 Å². The fourth-order valence-electron chi connectivity index (χ4n) is 3.43. The molecule has 0 bridgehead atoms. The van der Waals surface area contributed by atoms with E-state index < -0.39 is 10.4 Å². The number of pyridine rings is 4. The quantitative estimate of drug-likeness (QED) is 0.172. The van der Waals surface area contributed by atoms with Crippen molar-refractivity contribution in [1.82, 2.24) is 19.9 Å². The van der Waals surface area contributed by atoms with E-state index in [1.54, 1.807) is 24.8 Å². The average Bonchev–Trinajstić information content (AvgIpc) is 2.93. The van der Waals surface area contributed by atoms with Crippen LogP contribution >= 0.6 is 0 Å². The number of aliphatic hydroxyl groups is 2. The second-order valence-electron chi connectivity index (χ2n) is 7.64. The van der Waals surface area contributed by atoms with E-state index in [-0.39, 0.29) is 30.0 Å². The third-order valence-corrected chi connectivity index (χ3v) is 5.01. The smallest absolute Gasteiger partial charge is 0.759 e. The summed E-state index contributed by atoms with van der Waals surface area (Å²) in [4.78, 5) is 17.4. The van der Waals surface area contributed by atoms with Gasteiger partial charge in [-0.25, -0.2) is 0 Å². The van der Waals surface area contributed by atoms with Crippen LogP contribution in [-0.4, -0.2) is 60.9 Å². The third kappa shape index (κ3) is 9.89. The van der Waals surface area contributed by atoms with Crippen molar-refractivity contribution in [3.05, 3.63) is 97.6 Å². The Morgan fingerprint density at radius 2 is 0.769 bits per heavy atom. The molecule has 4 aromatic heterocycles. The minimum atomic E-state index is -5.17. The first-order valence-corrected chi connectivity index (χ1v) is 12.7. The van der Waals surface area contributed by atoms with Crippen LogP contribution in [0, 0.1) is 0 Å². The molecule has 0 aliphatic heterocycles. The predicted molar refractivity (Wildman–Crippen MR) is 143 cm³/mol. The second kappa shape index (κ2) is 15.7. The Balaban J connectivity index is 0.000000202. The van der Waals surface area contributed by atoms with E-state index in [4.69, 9.17) is 27.7 Å². The van der Waals surface area contributed by atoms with Crippen LogP contribution in [0.5, 0.6) is 0 Å². The first-order chi connectivity index (χ1) is 18.3. The summed E-state index contributed by atoms with van der Waals surface area (Å²) in [5, 5.41) is 20.4. The van der Waals surface area contributed by atoms with Crippen molar-refractivity contribution >= 4 is 54.0 Å². The van der Waals surface area contributed by atoms with Crippen molar-refractivity contribution in [2.75, 3.05) is 13.2 Å². The van der Waals surface area contributed by atoms with Gasteiger partial charge in [-0.2, -0.15) is 0 Å². The summed E-state index contributed by atoms with van der Waals surface area (Å²) in [7, 11) is -5.17. The van der Waals surface area contributed by atoms with Crippen LogP contribution in [-0.2, 0) is 27.2 Å². The molecule has 0 fully saturated rings. The number of hydrogen-bond acceptors (Lipinski definition) is 10. The van der Waals surface area contributed by atoms with Gasteiger partial charge in [0.15, 0.2) is 0 Å². The van der Waals surface area contributed by atoms with Crippen LogP contribution in [0.4, 0.5) is 0 Å². The summed E-state index contributed by atoms with van der Waals surface area (Å²) >= 11 is 0. The van der Waals surface area contributed by atoms with Crippen LogP contribution in [0.15, 0.2) is 97.6 Å².